The Hall–Kier alpha value is -3.14. The SMILES string of the molecule is O=C(N/N=C(\Cc1ccccc1)c1ccco1)c1ccccc1. The van der Waals surface area contributed by atoms with Crippen molar-refractivity contribution in [1.29, 1.82) is 0 Å². The van der Waals surface area contributed by atoms with E-state index in [2.05, 4.69) is 10.5 Å². The predicted octanol–water partition coefficient (Wildman–Crippen LogP) is 3.66. The van der Waals surface area contributed by atoms with Gasteiger partial charge in [-0.3, -0.25) is 4.79 Å². The van der Waals surface area contributed by atoms with E-state index >= 15 is 0 Å². The molecule has 0 spiro atoms. The van der Waals surface area contributed by atoms with E-state index in [1.807, 2.05) is 54.6 Å². The van der Waals surface area contributed by atoms with Crippen molar-refractivity contribution in [2.45, 2.75) is 6.42 Å². The van der Waals surface area contributed by atoms with E-state index in [-0.39, 0.29) is 5.91 Å². The van der Waals surface area contributed by atoms with Gasteiger partial charge in [0, 0.05) is 12.0 Å². The lowest BCUT2D eigenvalue weighted by atomic mass is 10.1. The minimum absolute atomic E-state index is 0.247. The van der Waals surface area contributed by atoms with Crippen LogP contribution in [0.3, 0.4) is 0 Å². The number of amides is 1. The molecule has 0 radical (unpaired) electrons. The predicted molar refractivity (Wildman–Crippen MR) is 89.3 cm³/mol. The lowest BCUT2D eigenvalue weighted by Crippen LogP contribution is -2.20. The second-order valence-electron chi connectivity index (χ2n) is 5.01. The average Bonchev–Trinajstić information content (AvgIpc) is 3.14. The molecule has 0 aliphatic heterocycles. The Bertz CT molecular complexity index is 779. The van der Waals surface area contributed by atoms with Gasteiger partial charge in [0.05, 0.1) is 6.26 Å². The maximum absolute atomic E-state index is 12.1. The molecule has 1 heterocycles. The summed E-state index contributed by atoms with van der Waals surface area (Å²) in [6.07, 6.45) is 2.16. The lowest BCUT2D eigenvalue weighted by Gasteiger charge is -2.05. The highest BCUT2D eigenvalue weighted by Crippen LogP contribution is 2.09. The molecule has 0 aliphatic carbocycles. The van der Waals surface area contributed by atoms with Crippen LogP contribution in [-0.2, 0) is 6.42 Å². The Morgan fingerprint density at radius 1 is 0.913 bits per heavy atom. The fraction of sp³-hybridized carbons (Fsp3) is 0.0526. The lowest BCUT2D eigenvalue weighted by molar-refractivity contribution is 0.0955. The molecule has 0 bridgehead atoms. The van der Waals surface area contributed by atoms with Crippen LogP contribution in [0.5, 0.6) is 0 Å². The van der Waals surface area contributed by atoms with E-state index in [0.717, 1.165) is 5.56 Å². The number of rotatable bonds is 5. The van der Waals surface area contributed by atoms with Gasteiger partial charge in [-0.15, -0.1) is 0 Å². The van der Waals surface area contributed by atoms with Crippen LogP contribution in [0, 0.1) is 0 Å². The number of carbonyl (C=O) groups excluding carboxylic acids is 1. The van der Waals surface area contributed by atoms with Crippen molar-refractivity contribution in [2.75, 3.05) is 0 Å². The van der Waals surface area contributed by atoms with E-state index in [0.29, 0.717) is 23.5 Å². The van der Waals surface area contributed by atoms with Crippen molar-refractivity contribution in [3.8, 4) is 0 Å². The molecule has 0 unspecified atom stereocenters. The van der Waals surface area contributed by atoms with Crippen LogP contribution in [0.1, 0.15) is 21.7 Å². The summed E-state index contributed by atoms with van der Waals surface area (Å²) in [7, 11) is 0. The molecular weight excluding hydrogens is 288 g/mol. The first-order valence-electron chi connectivity index (χ1n) is 7.32. The van der Waals surface area contributed by atoms with Gasteiger partial charge >= 0.3 is 0 Å². The molecule has 0 saturated carbocycles. The minimum atomic E-state index is -0.247. The van der Waals surface area contributed by atoms with Crippen LogP contribution >= 0.6 is 0 Å². The van der Waals surface area contributed by atoms with Gasteiger partial charge in [0.25, 0.3) is 5.91 Å². The van der Waals surface area contributed by atoms with Gasteiger partial charge in [-0.25, -0.2) is 5.43 Å². The first-order valence-corrected chi connectivity index (χ1v) is 7.32. The van der Waals surface area contributed by atoms with Gasteiger partial charge in [-0.05, 0) is 29.8 Å². The van der Waals surface area contributed by atoms with Crippen LogP contribution < -0.4 is 5.43 Å². The number of nitrogens with zero attached hydrogens (tertiary/aromatic N) is 1. The number of nitrogens with one attached hydrogen (secondary N) is 1. The molecule has 1 amide bonds. The van der Waals surface area contributed by atoms with Crippen LogP contribution in [0.15, 0.2) is 88.6 Å². The summed E-state index contributed by atoms with van der Waals surface area (Å²) >= 11 is 0. The zero-order valence-electron chi connectivity index (χ0n) is 12.5. The van der Waals surface area contributed by atoms with Crippen LogP contribution in [0.25, 0.3) is 0 Å². The monoisotopic (exact) mass is 304 g/mol. The zero-order chi connectivity index (χ0) is 15.9. The van der Waals surface area contributed by atoms with Gasteiger partial charge in [0.15, 0.2) is 0 Å². The fourth-order valence-corrected chi connectivity index (χ4v) is 2.19. The molecule has 4 nitrogen and oxygen atoms in total. The average molecular weight is 304 g/mol. The Morgan fingerprint density at radius 3 is 2.26 bits per heavy atom. The number of hydrazone groups is 1. The summed E-state index contributed by atoms with van der Waals surface area (Å²) in [5.74, 6) is 0.393. The van der Waals surface area contributed by atoms with Crippen molar-refractivity contribution in [3.63, 3.8) is 0 Å². The van der Waals surface area contributed by atoms with Crippen molar-refractivity contribution in [1.82, 2.24) is 5.43 Å². The van der Waals surface area contributed by atoms with Gasteiger partial charge in [-0.2, -0.15) is 5.10 Å². The van der Waals surface area contributed by atoms with E-state index in [1.54, 1.807) is 24.5 Å². The fourth-order valence-electron chi connectivity index (χ4n) is 2.19. The molecule has 0 fully saturated rings. The topological polar surface area (TPSA) is 54.6 Å². The quantitative estimate of drug-likeness (QED) is 0.578. The highest BCUT2D eigenvalue weighted by Gasteiger charge is 2.10. The number of furan rings is 1. The molecule has 3 rings (SSSR count). The third kappa shape index (κ3) is 3.95. The van der Waals surface area contributed by atoms with E-state index in [4.69, 9.17) is 4.42 Å². The Kier molecular flexibility index (Phi) is 4.64. The summed E-state index contributed by atoms with van der Waals surface area (Å²) in [4.78, 5) is 12.1. The smallest absolute Gasteiger partial charge is 0.271 e. The number of benzene rings is 2. The van der Waals surface area contributed by atoms with Crippen molar-refractivity contribution < 1.29 is 9.21 Å². The third-order valence-electron chi connectivity index (χ3n) is 3.35. The molecule has 3 aromatic rings. The van der Waals surface area contributed by atoms with Crippen LogP contribution in [-0.4, -0.2) is 11.6 Å². The largest absolute Gasteiger partial charge is 0.463 e. The van der Waals surface area contributed by atoms with Gasteiger partial charge in [-0.1, -0.05) is 48.5 Å². The molecule has 114 valence electrons. The summed E-state index contributed by atoms with van der Waals surface area (Å²) in [6, 6.07) is 22.5. The summed E-state index contributed by atoms with van der Waals surface area (Å²) < 4.78 is 5.42. The molecular formula is C19H16N2O2. The molecule has 4 heteroatoms. The molecule has 2 aromatic carbocycles. The molecule has 0 atom stereocenters. The third-order valence-corrected chi connectivity index (χ3v) is 3.35. The first kappa shape index (κ1) is 14.8. The Labute approximate surface area is 134 Å². The van der Waals surface area contributed by atoms with Gasteiger partial charge in [0.2, 0.25) is 0 Å². The number of carbonyl (C=O) groups is 1. The molecule has 0 aliphatic rings. The summed E-state index contributed by atoms with van der Waals surface area (Å²) in [5, 5.41) is 4.26. The number of hydrogen-bond acceptors (Lipinski definition) is 3. The molecule has 23 heavy (non-hydrogen) atoms. The van der Waals surface area contributed by atoms with E-state index in [9.17, 15) is 4.79 Å². The van der Waals surface area contributed by atoms with Crippen molar-refractivity contribution >= 4 is 11.6 Å². The molecule has 1 N–H and O–H groups in total. The van der Waals surface area contributed by atoms with Gasteiger partial charge in [0.1, 0.15) is 11.5 Å². The molecule has 0 saturated heterocycles. The van der Waals surface area contributed by atoms with Gasteiger partial charge < -0.3 is 4.42 Å². The van der Waals surface area contributed by atoms with Crippen LogP contribution in [0.2, 0.25) is 0 Å². The second kappa shape index (κ2) is 7.22. The maximum Gasteiger partial charge on any atom is 0.271 e. The van der Waals surface area contributed by atoms with Crippen LogP contribution in [0.4, 0.5) is 0 Å². The maximum atomic E-state index is 12.1. The normalized spacial score (nSPS) is 11.2. The highest BCUT2D eigenvalue weighted by molar-refractivity contribution is 6.01. The van der Waals surface area contributed by atoms with Crippen molar-refractivity contribution in [2.24, 2.45) is 5.10 Å². The van der Waals surface area contributed by atoms with E-state index < -0.39 is 0 Å². The standard InChI is InChI=1S/C19H16N2O2/c22-19(16-10-5-2-6-11-16)21-20-17(18-12-7-13-23-18)14-15-8-3-1-4-9-15/h1-13H,14H2,(H,21,22)/b20-17+. The first-order chi connectivity index (χ1) is 11.3. The second-order valence-corrected chi connectivity index (χ2v) is 5.01. The van der Waals surface area contributed by atoms with Crippen molar-refractivity contribution in [3.05, 3.63) is 95.9 Å². The van der Waals surface area contributed by atoms with E-state index in [1.165, 1.54) is 0 Å². The minimum Gasteiger partial charge on any atom is -0.463 e. The summed E-state index contributed by atoms with van der Waals surface area (Å²) in [5.41, 5.74) is 4.93. The molecule has 1 aromatic heterocycles. The Morgan fingerprint density at radius 2 is 1.61 bits per heavy atom. The summed E-state index contributed by atoms with van der Waals surface area (Å²) in [6.45, 7) is 0. The zero-order valence-corrected chi connectivity index (χ0v) is 12.5. The highest BCUT2D eigenvalue weighted by atomic mass is 16.3. The number of hydrogen-bond donors (Lipinski definition) is 1. The Balaban J connectivity index is 1.79.